The number of nitro groups is 1. The van der Waals surface area contributed by atoms with E-state index in [4.69, 9.17) is 17.3 Å². The molecule has 0 bridgehead atoms. The summed E-state index contributed by atoms with van der Waals surface area (Å²) in [5.41, 5.74) is 7.62. The molecule has 0 saturated heterocycles. The maximum absolute atomic E-state index is 12.7. The van der Waals surface area contributed by atoms with Crippen molar-refractivity contribution in [1.82, 2.24) is 14.9 Å². The largest absolute Gasteiger partial charge is 0.363 e. The summed E-state index contributed by atoms with van der Waals surface area (Å²) in [6, 6.07) is 8.45. The first-order valence-corrected chi connectivity index (χ1v) is 9.03. The number of nitrogens with zero attached hydrogens (tertiary/aromatic N) is 3. The number of carbonyl (C=O) groups excluding carboxylic acids is 1. The van der Waals surface area contributed by atoms with Crippen LogP contribution in [0.3, 0.4) is 0 Å². The fourth-order valence-electron chi connectivity index (χ4n) is 3.03. The van der Waals surface area contributed by atoms with Crippen molar-refractivity contribution in [3.8, 4) is 0 Å². The van der Waals surface area contributed by atoms with Gasteiger partial charge < -0.3 is 25.7 Å². The van der Waals surface area contributed by atoms with Gasteiger partial charge in [-0.3, -0.25) is 9.59 Å². The number of rotatable bonds is 6. The van der Waals surface area contributed by atoms with Crippen LogP contribution in [0, 0.1) is 10.1 Å². The molecule has 0 aliphatic rings. The third-order valence-corrected chi connectivity index (χ3v) is 4.68. The highest BCUT2D eigenvalue weighted by molar-refractivity contribution is 6.31. The summed E-state index contributed by atoms with van der Waals surface area (Å²) < 4.78 is 0. The molecule has 3 N–H and O–H groups in total. The molecule has 1 aromatic carbocycles. The molecule has 1 atom stereocenters. The predicted molar refractivity (Wildman–Crippen MR) is 109 cm³/mol. The number of hydrogen-bond donors (Lipinski definition) is 2. The number of likely N-dealkylation sites (N-methyl/N-ethyl adjacent to an activating group) is 1. The van der Waals surface area contributed by atoms with E-state index in [1.165, 1.54) is 29.3 Å². The van der Waals surface area contributed by atoms with Crippen molar-refractivity contribution < 1.29 is 9.72 Å². The summed E-state index contributed by atoms with van der Waals surface area (Å²) in [7, 11) is 1.59. The highest BCUT2D eigenvalue weighted by Crippen LogP contribution is 2.21. The number of H-pyrrole nitrogens is 1. The van der Waals surface area contributed by atoms with Gasteiger partial charge >= 0.3 is 5.82 Å². The number of aromatic amines is 1. The van der Waals surface area contributed by atoms with Crippen LogP contribution < -0.4 is 11.3 Å². The first-order chi connectivity index (χ1) is 13.7. The minimum absolute atomic E-state index is 0.172. The fourth-order valence-corrected chi connectivity index (χ4v) is 3.20. The van der Waals surface area contributed by atoms with E-state index in [9.17, 15) is 19.7 Å². The SMILES string of the molecule is CN(Cc1cc(=O)[nH]c2ccc(Cl)cc12)C(=O)[C@@H](N)Cc1ccc([N+](=O)[O-])nc1. The van der Waals surface area contributed by atoms with Gasteiger partial charge in [0.25, 0.3) is 0 Å². The number of carbonyl (C=O) groups is 1. The third kappa shape index (κ3) is 4.76. The van der Waals surface area contributed by atoms with Crippen molar-refractivity contribution in [1.29, 1.82) is 0 Å². The molecular weight excluding hydrogens is 398 g/mol. The quantitative estimate of drug-likeness (QED) is 0.467. The lowest BCUT2D eigenvalue weighted by Gasteiger charge is -2.22. The summed E-state index contributed by atoms with van der Waals surface area (Å²) in [4.78, 5) is 42.6. The lowest BCUT2D eigenvalue weighted by Crippen LogP contribution is -2.42. The molecular formula is C19H18ClN5O4. The predicted octanol–water partition coefficient (Wildman–Crippen LogP) is 2.01. The van der Waals surface area contributed by atoms with Crippen molar-refractivity contribution in [3.05, 3.63) is 79.2 Å². The van der Waals surface area contributed by atoms with Crippen molar-refractivity contribution >= 4 is 34.2 Å². The number of amides is 1. The molecule has 10 heteroatoms. The molecule has 29 heavy (non-hydrogen) atoms. The molecule has 9 nitrogen and oxygen atoms in total. The molecule has 1 amide bonds. The monoisotopic (exact) mass is 415 g/mol. The summed E-state index contributed by atoms with van der Waals surface area (Å²) in [6.45, 7) is 0.172. The molecule has 0 saturated carbocycles. The Morgan fingerprint density at radius 1 is 1.34 bits per heavy atom. The number of nitrogens with one attached hydrogen (secondary N) is 1. The number of fused-ring (bicyclic) bond motifs is 1. The molecule has 0 radical (unpaired) electrons. The van der Waals surface area contributed by atoms with Crippen LogP contribution in [0.25, 0.3) is 10.9 Å². The van der Waals surface area contributed by atoms with Crippen molar-refractivity contribution in [3.63, 3.8) is 0 Å². The average Bonchev–Trinajstić information content (AvgIpc) is 2.68. The van der Waals surface area contributed by atoms with Crippen molar-refractivity contribution in [2.45, 2.75) is 19.0 Å². The van der Waals surface area contributed by atoms with Crippen LogP contribution >= 0.6 is 11.6 Å². The van der Waals surface area contributed by atoms with E-state index >= 15 is 0 Å². The summed E-state index contributed by atoms with van der Waals surface area (Å²) in [5, 5.41) is 11.9. The Kier molecular flexibility index (Phi) is 5.90. The Balaban J connectivity index is 1.75. The average molecular weight is 416 g/mol. The Morgan fingerprint density at radius 2 is 2.10 bits per heavy atom. The van der Waals surface area contributed by atoms with Crippen molar-refractivity contribution in [2.75, 3.05) is 7.05 Å². The topological polar surface area (TPSA) is 135 Å². The Labute approximate surface area is 170 Å². The van der Waals surface area contributed by atoms with E-state index in [-0.39, 0.29) is 30.2 Å². The molecule has 0 aliphatic heterocycles. The highest BCUT2D eigenvalue weighted by Gasteiger charge is 2.20. The molecule has 150 valence electrons. The van der Waals surface area contributed by atoms with E-state index in [0.29, 0.717) is 21.7 Å². The number of nitrogens with two attached hydrogens (primary N) is 1. The fraction of sp³-hybridized carbons (Fsp3) is 0.211. The van der Waals surface area contributed by atoms with Crippen LogP contribution in [0.1, 0.15) is 11.1 Å². The minimum atomic E-state index is -0.861. The normalized spacial score (nSPS) is 12.0. The van der Waals surface area contributed by atoms with Gasteiger partial charge in [0.1, 0.15) is 6.20 Å². The summed E-state index contributed by atoms with van der Waals surface area (Å²) >= 11 is 6.06. The Bertz CT molecular complexity index is 1130. The van der Waals surface area contributed by atoms with Crippen molar-refractivity contribution in [2.24, 2.45) is 5.73 Å². The zero-order valence-corrected chi connectivity index (χ0v) is 16.2. The smallest absolute Gasteiger partial charge is 0.358 e. The summed E-state index contributed by atoms with van der Waals surface area (Å²) in [6.07, 6.45) is 1.51. The van der Waals surface area contributed by atoms with Gasteiger partial charge in [0.15, 0.2) is 0 Å². The third-order valence-electron chi connectivity index (χ3n) is 4.44. The number of halogens is 1. The van der Waals surface area contributed by atoms with Crippen LogP contribution in [-0.2, 0) is 17.8 Å². The Morgan fingerprint density at radius 3 is 2.76 bits per heavy atom. The van der Waals surface area contributed by atoms with E-state index in [0.717, 1.165) is 5.39 Å². The zero-order chi connectivity index (χ0) is 21.1. The van der Waals surface area contributed by atoms with Gasteiger partial charge in [0.05, 0.1) is 6.04 Å². The number of pyridine rings is 2. The molecule has 3 aromatic rings. The van der Waals surface area contributed by atoms with Crippen LogP contribution in [-0.4, -0.2) is 38.8 Å². The van der Waals surface area contributed by atoms with Gasteiger partial charge in [-0.05, 0) is 45.3 Å². The molecule has 2 heterocycles. The van der Waals surface area contributed by atoms with Crippen LogP contribution in [0.2, 0.25) is 5.02 Å². The lowest BCUT2D eigenvalue weighted by atomic mass is 10.1. The van der Waals surface area contributed by atoms with Crippen LogP contribution in [0.5, 0.6) is 0 Å². The minimum Gasteiger partial charge on any atom is -0.358 e. The van der Waals surface area contributed by atoms with Gasteiger partial charge in [-0.15, -0.1) is 0 Å². The van der Waals surface area contributed by atoms with Crippen LogP contribution in [0.15, 0.2) is 47.4 Å². The van der Waals surface area contributed by atoms with Gasteiger partial charge in [-0.25, -0.2) is 0 Å². The van der Waals surface area contributed by atoms with E-state index in [2.05, 4.69) is 9.97 Å². The molecule has 0 fully saturated rings. The molecule has 0 spiro atoms. The van der Waals surface area contributed by atoms with Gasteiger partial charge in [-0.2, -0.15) is 0 Å². The second-order valence-corrected chi connectivity index (χ2v) is 7.07. The molecule has 2 aromatic heterocycles. The molecule has 0 aliphatic carbocycles. The number of hydrogen-bond acceptors (Lipinski definition) is 6. The number of aromatic nitrogens is 2. The first kappa shape index (κ1) is 20.4. The standard InChI is InChI=1S/C19H18ClN5O4/c1-24(10-12-7-18(26)23-16-4-3-13(20)8-14(12)16)19(27)15(21)6-11-2-5-17(22-9-11)25(28)29/h2-5,7-9,15H,6,10,21H2,1H3,(H,23,26)/t15-/m0/s1. The van der Waals surface area contributed by atoms with Gasteiger partial charge in [-0.1, -0.05) is 11.6 Å². The van der Waals surface area contributed by atoms with Crippen LogP contribution in [0.4, 0.5) is 5.82 Å². The van der Waals surface area contributed by atoms with Gasteiger partial charge in [0, 0.05) is 48.1 Å². The maximum Gasteiger partial charge on any atom is 0.363 e. The van der Waals surface area contributed by atoms with E-state index in [1.807, 2.05) is 0 Å². The van der Waals surface area contributed by atoms with E-state index in [1.54, 1.807) is 25.2 Å². The Hall–Kier alpha value is -3.30. The summed E-state index contributed by atoms with van der Waals surface area (Å²) in [5.74, 6) is -0.607. The second-order valence-electron chi connectivity index (χ2n) is 6.64. The zero-order valence-electron chi connectivity index (χ0n) is 15.5. The molecule has 0 unspecified atom stereocenters. The molecule has 3 rings (SSSR count). The lowest BCUT2D eigenvalue weighted by molar-refractivity contribution is -0.389. The maximum atomic E-state index is 12.7. The second kappa shape index (κ2) is 8.38. The first-order valence-electron chi connectivity index (χ1n) is 8.66. The highest BCUT2D eigenvalue weighted by atomic mass is 35.5. The number of benzene rings is 1. The van der Waals surface area contributed by atoms with Gasteiger partial charge in [0.2, 0.25) is 11.5 Å². The van der Waals surface area contributed by atoms with E-state index < -0.39 is 11.0 Å².